The molecule has 0 radical (unpaired) electrons. The number of anilines is 1. The number of fused-ring (bicyclic) bond motifs is 1. The minimum absolute atomic E-state index is 0.168. The van der Waals surface area contributed by atoms with E-state index in [9.17, 15) is 8.42 Å². The van der Waals surface area contributed by atoms with Gasteiger partial charge in [0.2, 0.25) is 5.96 Å². The van der Waals surface area contributed by atoms with Gasteiger partial charge in [-0.1, -0.05) is 13.3 Å². The average molecular weight is 283 g/mol. The highest BCUT2D eigenvalue weighted by Crippen LogP contribution is 2.28. The lowest BCUT2D eigenvalue weighted by atomic mass is 10.3. The normalized spacial score (nSPS) is 18.3. The molecule has 1 aromatic rings. The predicted molar refractivity (Wildman–Crippen MR) is 74.1 cm³/mol. The summed E-state index contributed by atoms with van der Waals surface area (Å²) in [5.41, 5.74) is 0.509. The Morgan fingerprint density at radius 1 is 1.37 bits per heavy atom. The van der Waals surface area contributed by atoms with E-state index in [1.807, 2.05) is 0 Å². The second kappa shape index (κ2) is 5.48. The molecular formula is C12H17N3O3S. The van der Waals surface area contributed by atoms with E-state index in [4.69, 9.17) is 4.74 Å². The molecule has 0 bridgehead atoms. The minimum atomic E-state index is -3.58. The first-order valence-electron chi connectivity index (χ1n) is 6.09. The van der Waals surface area contributed by atoms with Crippen molar-refractivity contribution < 1.29 is 13.2 Å². The molecule has 7 heteroatoms. The van der Waals surface area contributed by atoms with Crippen LogP contribution in [0, 0.1) is 0 Å². The van der Waals surface area contributed by atoms with E-state index in [0.717, 1.165) is 12.8 Å². The van der Waals surface area contributed by atoms with Gasteiger partial charge < -0.3 is 10.1 Å². The van der Waals surface area contributed by atoms with E-state index in [0.29, 0.717) is 18.0 Å². The molecule has 19 heavy (non-hydrogen) atoms. The molecule has 0 saturated carbocycles. The molecule has 0 aliphatic carbocycles. The van der Waals surface area contributed by atoms with Gasteiger partial charge in [-0.15, -0.1) is 0 Å². The zero-order valence-corrected chi connectivity index (χ0v) is 11.8. The highest BCUT2D eigenvalue weighted by Gasteiger charge is 2.26. The van der Waals surface area contributed by atoms with Crippen LogP contribution in [-0.4, -0.2) is 28.0 Å². The second-order valence-electron chi connectivity index (χ2n) is 4.18. The Kier molecular flexibility index (Phi) is 3.94. The van der Waals surface area contributed by atoms with Crippen LogP contribution in [0.1, 0.15) is 19.8 Å². The third-order valence-corrected chi connectivity index (χ3v) is 4.12. The zero-order chi connectivity index (χ0) is 13.9. The monoisotopic (exact) mass is 283 g/mol. The lowest BCUT2D eigenvalue weighted by Crippen LogP contribution is -2.40. The summed E-state index contributed by atoms with van der Waals surface area (Å²) >= 11 is 0. The topological polar surface area (TPSA) is 79.8 Å². The van der Waals surface area contributed by atoms with Gasteiger partial charge in [0.1, 0.15) is 10.6 Å². The Morgan fingerprint density at radius 3 is 2.84 bits per heavy atom. The van der Waals surface area contributed by atoms with Crippen LogP contribution in [0.15, 0.2) is 28.1 Å². The smallest absolute Gasteiger partial charge is 0.266 e. The fraction of sp³-hybridized carbons (Fsp3) is 0.417. The summed E-state index contributed by atoms with van der Waals surface area (Å²) in [5, 5.41) is 2.97. The molecule has 0 amide bonds. The molecule has 1 aromatic carbocycles. The third kappa shape index (κ3) is 2.98. The molecule has 2 rings (SSSR count). The van der Waals surface area contributed by atoms with Crippen LogP contribution in [0.5, 0.6) is 5.75 Å². The maximum absolute atomic E-state index is 12.1. The van der Waals surface area contributed by atoms with Crippen molar-refractivity contribution >= 4 is 21.7 Å². The molecule has 0 saturated heterocycles. The number of nitrogens with zero attached hydrogens (tertiary/aromatic N) is 1. The largest absolute Gasteiger partial charge is 0.497 e. The molecular weight excluding hydrogens is 266 g/mol. The van der Waals surface area contributed by atoms with Crippen molar-refractivity contribution in [2.45, 2.75) is 24.7 Å². The van der Waals surface area contributed by atoms with Crippen molar-refractivity contribution in [3.63, 3.8) is 0 Å². The molecule has 1 aliphatic rings. The zero-order valence-electron chi connectivity index (χ0n) is 10.9. The van der Waals surface area contributed by atoms with Crippen LogP contribution in [0.4, 0.5) is 5.69 Å². The van der Waals surface area contributed by atoms with Crippen LogP contribution >= 0.6 is 0 Å². The van der Waals surface area contributed by atoms with Gasteiger partial charge in [0.15, 0.2) is 0 Å². The van der Waals surface area contributed by atoms with Crippen molar-refractivity contribution in [1.29, 1.82) is 0 Å². The van der Waals surface area contributed by atoms with Gasteiger partial charge in [-0.2, -0.15) is 0 Å². The summed E-state index contributed by atoms with van der Waals surface area (Å²) in [5.74, 6) is 0.767. The number of nitrogens with one attached hydrogen (secondary N) is 2. The highest BCUT2D eigenvalue weighted by atomic mass is 32.2. The van der Waals surface area contributed by atoms with Gasteiger partial charge in [-0.05, 0) is 18.6 Å². The van der Waals surface area contributed by atoms with E-state index in [1.165, 1.54) is 13.2 Å². The van der Waals surface area contributed by atoms with Gasteiger partial charge in [0, 0.05) is 12.6 Å². The van der Waals surface area contributed by atoms with Gasteiger partial charge in [-0.3, -0.25) is 4.99 Å². The maximum Gasteiger partial charge on any atom is 0.266 e. The number of ether oxygens (including phenoxy) is 1. The van der Waals surface area contributed by atoms with Crippen molar-refractivity contribution in [2.75, 3.05) is 19.0 Å². The van der Waals surface area contributed by atoms with E-state index < -0.39 is 10.0 Å². The SMILES string of the molecule is CCCCN=C1Nc2ccc(OC)cc2S(=O)(=O)N1. The maximum atomic E-state index is 12.1. The number of guanidine groups is 1. The van der Waals surface area contributed by atoms with Gasteiger partial charge in [0.25, 0.3) is 10.0 Å². The summed E-state index contributed by atoms with van der Waals surface area (Å²) < 4.78 is 31.6. The van der Waals surface area contributed by atoms with Gasteiger partial charge >= 0.3 is 0 Å². The predicted octanol–water partition coefficient (Wildman–Crippen LogP) is 1.56. The summed E-state index contributed by atoms with van der Waals surface area (Å²) in [6.07, 6.45) is 1.93. The molecule has 1 aliphatic heterocycles. The van der Waals surface area contributed by atoms with Crippen molar-refractivity contribution in [3.8, 4) is 5.75 Å². The number of benzene rings is 1. The van der Waals surface area contributed by atoms with Crippen LogP contribution in [0.3, 0.4) is 0 Å². The number of sulfonamides is 1. The van der Waals surface area contributed by atoms with Crippen molar-refractivity contribution in [2.24, 2.45) is 4.99 Å². The number of hydrogen-bond acceptors (Lipinski definition) is 4. The van der Waals surface area contributed by atoms with Crippen LogP contribution < -0.4 is 14.8 Å². The summed E-state index contributed by atoms with van der Waals surface area (Å²) in [6, 6.07) is 4.85. The van der Waals surface area contributed by atoms with E-state index in [2.05, 4.69) is 22.0 Å². The minimum Gasteiger partial charge on any atom is -0.497 e. The molecule has 0 unspecified atom stereocenters. The number of methoxy groups -OCH3 is 1. The summed E-state index contributed by atoms with van der Waals surface area (Å²) in [6.45, 7) is 2.65. The Balaban J connectivity index is 2.33. The van der Waals surface area contributed by atoms with E-state index >= 15 is 0 Å². The number of hydrogen-bond donors (Lipinski definition) is 2. The lowest BCUT2D eigenvalue weighted by Gasteiger charge is -2.21. The molecule has 0 fully saturated rings. The Hall–Kier alpha value is -1.76. The van der Waals surface area contributed by atoms with Crippen LogP contribution in [0.25, 0.3) is 0 Å². The summed E-state index contributed by atoms with van der Waals surface area (Å²) in [4.78, 5) is 4.36. The first-order valence-corrected chi connectivity index (χ1v) is 7.57. The summed E-state index contributed by atoms with van der Waals surface area (Å²) in [7, 11) is -2.09. The molecule has 1 heterocycles. The first-order chi connectivity index (χ1) is 9.06. The Morgan fingerprint density at radius 2 is 2.16 bits per heavy atom. The van der Waals surface area contributed by atoms with Crippen LogP contribution in [0.2, 0.25) is 0 Å². The molecule has 0 atom stereocenters. The number of rotatable bonds is 4. The number of aliphatic imine (C=N–C) groups is 1. The molecule has 6 nitrogen and oxygen atoms in total. The van der Waals surface area contributed by atoms with Crippen molar-refractivity contribution in [1.82, 2.24) is 4.72 Å². The van der Waals surface area contributed by atoms with E-state index in [1.54, 1.807) is 12.1 Å². The second-order valence-corrected chi connectivity index (χ2v) is 5.83. The molecule has 104 valence electrons. The highest BCUT2D eigenvalue weighted by molar-refractivity contribution is 7.90. The van der Waals surface area contributed by atoms with Crippen molar-refractivity contribution in [3.05, 3.63) is 18.2 Å². The average Bonchev–Trinajstić information content (AvgIpc) is 2.38. The Bertz CT molecular complexity index is 596. The van der Waals surface area contributed by atoms with E-state index in [-0.39, 0.29) is 10.9 Å². The fourth-order valence-corrected chi connectivity index (χ4v) is 2.87. The van der Waals surface area contributed by atoms with Gasteiger partial charge in [-0.25, -0.2) is 13.1 Å². The fourth-order valence-electron chi connectivity index (χ4n) is 1.71. The quantitative estimate of drug-likeness (QED) is 0.822. The third-order valence-electron chi connectivity index (χ3n) is 2.74. The first kappa shape index (κ1) is 13.7. The molecule has 0 aromatic heterocycles. The molecule has 0 spiro atoms. The van der Waals surface area contributed by atoms with Crippen LogP contribution in [-0.2, 0) is 10.0 Å². The standard InChI is InChI=1S/C12H17N3O3S/c1-3-4-7-13-12-14-10-6-5-9(18-2)8-11(10)19(16,17)15-12/h5-6,8H,3-4,7H2,1-2H3,(H2,13,14,15). The Labute approximate surface area is 112 Å². The lowest BCUT2D eigenvalue weighted by molar-refractivity contribution is 0.413. The number of unbranched alkanes of at least 4 members (excludes halogenated alkanes) is 1. The molecule has 2 N–H and O–H groups in total. The van der Waals surface area contributed by atoms with Gasteiger partial charge in [0.05, 0.1) is 12.8 Å².